The minimum Gasteiger partial charge on any atom is -0.457 e. The molecule has 0 radical (unpaired) electrons. The number of allylic oxidation sites excluding steroid dienone is 4. The molecule has 0 N–H and O–H groups in total. The Bertz CT molecular complexity index is 5190. The van der Waals surface area contributed by atoms with Gasteiger partial charge >= 0.3 is 23.9 Å². The monoisotopic (exact) mass is 1670 g/mol. The molecule has 4 atom stereocenters. The Morgan fingerprint density at radius 2 is 0.563 bits per heavy atom. The van der Waals surface area contributed by atoms with Crippen LogP contribution < -0.4 is 0 Å². The summed E-state index contributed by atoms with van der Waals surface area (Å²) in [6, 6.07) is 77.4. The van der Waals surface area contributed by atoms with Gasteiger partial charge in [-0.15, -0.1) is 0 Å². The van der Waals surface area contributed by atoms with E-state index in [1.54, 1.807) is 68.1 Å². The van der Waals surface area contributed by atoms with Gasteiger partial charge in [-0.05, 0) is 178 Å². The number of nitrogens with zero attached hydrogens (tertiary/aromatic N) is 4. The number of carbonyl (C=O) groups excluding carboxylic acids is 8. The van der Waals surface area contributed by atoms with E-state index < -0.39 is 5.97 Å². The quantitative estimate of drug-likeness (QED) is 0.0436. The van der Waals surface area contributed by atoms with Crippen LogP contribution in [0.4, 0.5) is 0 Å². The highest BCUT2D eigenvalue weighted by atomic mass is 35.5. The molecule has 9 aromatic rings. The van der Waals surface area contributed by atoms with E-state index in [2.05, 4.69) is 0 Å². The van der Waals surface area contributed by atoms with Crippen molar-refractivity contribution < 1.29 is 57.3 Å². The molecule has 9 aromatic carbocycles. The number of carbonyl (C=O) groups is 8. The lowest BCUT2D eigenvalue weighted by molar-refractivity contribution is -0.143. The zero-order valence-corrected chi connectivity index (χ0v) is 70.7. The second kappa shape index (κ2) is 41.5. The number of esters is 4. The molecule has 2 fully saturated rings. The van der Waals surface area contributed by atoms with Gasteiger partial charge in [0, 0.05) is 111 Å². The molecule has 15 rings (SSSR count). The standard InChI is InChI=1S/C27H24ClNO3.C25H26ClNO3.C24H24ClNO3.C23H24ClNO3/c1-19-26(27(31)32-18-21-10-6-3-7-11-21)24(22-12-14-23(28)15-13-22)16-25(30)29(19)17-20-8-4-2-5-9-20;1-17-24(25(29)30-16-19-6-3-2-4-7-19)22(20-10-12-21(26)13-11-20)14-23(28)27(17)15-18-8-5-9-18;1-16-23(24(28)29-15-18-5-3-2-4-6-18)21(19-9-11-20(25)12-10-19)13-22(27)26(16)14-17-7-8-17;1-15(2)25-16(3)22(23(27)28-14-17-7-5-4-6-8-17)20(13-21(25)26)18-9-11-19(24)12-10-18/h2-15,24H,16-18H2,1H3;2-4,6-7,10-13,18,22H,5,8-9,14-16H2,1H3;2-6,9-12,17,21H,7-8,13-15H2,1H3;4-12,15,20H,13-14H2,1-3H3. The molecule has 20 heteroatoms. The third-order valence-electron chi connectivity index (χ3n) is 22.5. The highest BCUT2D eigenvalue weighted by Crippen LogP contribution is 2.44. The molecule has 4 aliphatic heterocycles. The Hall–Kier alpha value is -11.1. The molecule has 119 heavy (non-hydrogen) atoms. The molecular weight excluding hydrogens is 1580 g/mol. The van der Waals surface area contributed by atoms with Gasteiger partial charge < -0.3 is 38.5 Å². The molecule has 2 aliphatic carbocycles. The Morgan fingerprint density at radius 3 is 0.824 bits per heavy atom. The number of hydrogen-bond donors (Lipinski definition) is 0. The van der Waals surface area contributed by atoms with Crippen LogP contribution in [0.1, 0.15) is 173 Å². The highest BCUT2D eigenvalue weighted by molar-refractivity contribution is 6.31. The first-order valence-corrected chi connectivity index (χ1v) is 41.9. The first-order chi connectivity index (χ1) is 57.5. The number of halogens is 4. The molecule has 0 bridgehead atoms. The minimum atomic E-state index is -0.406. The van der Waals surface area contributed by atoms with Crippen LogP contribution in [0, 0.1) is 11.8 Å². The van der Waals surface area contributed by atoms with Crippen molar-refractivity contribution in [2.45, 2.75) is 162 Å². The summed E-state index contributed by atoms with van der Waals surface area (Å²) in [6.45, 7) is 13.8. The predicted molar refractivity (Wildman–Crippen MR) is 463 cm³/mol. The van der Waals surface area contributed by atoms with E-state index in [9.17, 15) is 38.4 Å². The van der Waals surface area contributed by atoms with Gasteiger partial charge in [0.2, 0.25) is 23.6 Å². The van der Waals surface area contributed by atoms with Gasteiger partial charge in [-0.1, -0.05) is 253 Å². The Morgan fingerprint density at radius 1 is 0.319 bits per heavy atom. The number of hydrogen-bond acceptors (Lipinski definition) is 12. The van der Waals surface area contributed by atoms with Crippen molar-refractivity contribution in [2.75, 3.05) is 13.1 Å². The van der Waals surface area contributed by atoms with Crippen molar-refractivity contribution in [1.82, 2.24) is 19.6 Å². The van der Waals surface area contributed by atoms with Crippen molar-refractivity contribution in [3.8, 4) is 0 Å². The summed E-state index contributed by atoms with van der Waals surface area (Å²) in [5, 5.41) is 2.47. The molecule has 6 aliphatic rings. The van der Waals surface area contributed by atoms with Crippen LogP contribution in [-0.2, 0) is 90.3 Å². The third kappa shape index (κ3) is 23.0. The first kappa shape index (κ1) is 87.2. The fourth-order valence-electron chi connectivity index (χ4n) is 15.8. The van der Waals surface area contributed by atoms with E-state index in [1.807, 2.05) is 242 Å². The fourth-order valence-corrected chi connectivity index (χ4v) is 16.3. The second-order valence-corrected chi connectivity index (χ2v) is 32.8. The van der Waals surface area contributed by atoms with E-state index >= 15 is 0 Å². The maximum Gasteiger partial charge on any atom is 0.336 e. The van der Waals surface area contributed by atoms with E-state index in [0.717, 1.165) is 81.5 Å². The highest BCUT2D eigenvalue weighted by Gasteiger charge is 2.43. The van der Waals surface area contributed by atoms with Crippen LogP contribution in [0.5, 0.6) is 0 Å². The smallest absolute Gasteiger partial charge is 0.336 e. The van der Waals surface area contributed by atoms with Crippen LogP contribution in [-0.4, -0.2) is 86.2 Å². The van der Waals surface area contributed by atoms with Crippen molar-refractivity contribution in [1.29, 1.82) is 0 Å². The lowest BCUT2D eigenvalue weighted by Crippen LogP contribution is -2.42. The van der Waals surface area contributed by atoms with Crippen LogP contribution in [0.2, 0.25) is 20.1 Å². The average molecular weight is 1680 g/mol. The summed E-state index contributed by atoms with van der Waals surface area (Å²) in [4.78, 5) is 111. The zero-order valence-electron chi connectivity index (χ0n) is 67.7. The Labute approximate surface area is 717 Å². The van der Waals surface area contributed by atoms with Gasteiger partial charge in [0.1, 0.15) is 26.4 Å². The molecule has 4 unspecified atom stereocenters. The van der Waals surface area contributed by atoms with Gasteiger partial charge in [-0.3, -0.25) is 19.2 Å². The van der Waals surface area contributed by atoms with Crippen LogP contribution >= 0.6 is 46.4 Å². The van der Waals surface area contributed by atoms with Gasteiger partial charge in [0.25, 0.3) is 0 Å². The van der Waals surface area contributed by atoms with Crippen molar-refractivity contribution in [2.24, 2.45) is 11.8 Å². The maximum atomic E-state index is 13.3. The van der Waals surface area contributed by atoms with Gasteiger partial charge in [0.05, 0.1) is 28.8 Å². The Balaban J connectivity index is 0.000000146. The summed E-state index contributed by atoms with van der Waals surface area (Å²) in [5.74, 6) is -1.70. The summed E-state index contributed by atoms with van der Waals surface area (Å²) in [6.07, 6.45) is 6.75. The maximum absolute atomic E-state index is 13.3. The number of benzene rings is 9. The van der Waals surface area contributed by atoms with Gasteiger partial charge in [-0.25, -0.2) is 19.2 Å². The normalized spacial score (nSPS) is 18.1. The van der Waals surface area contributed by atoms with E-state index in [-0.39, 0.29) is 123 Å². The molecule has 0 saturated heterocycles. The number of rotatable bonds is 23. The first-order valence-electron chi connectivity index (χ1n) is 40.4. The molecule has 16 nitrogen and oxygen atoms in total. The lowest BCUT2D eigenvalue weighted by atomic mass is 9.81. The lowest BCUT2D eigenvalue weighted by Gasteiger charge is -2.38. The molecule has 0 aromatic heterocycles. The molecule has 4 heterocycles. The Kier molecular flexibility index (Phi) is 30.4. The van der Waals surface area contributed by atoms with Gasteiger partial charge in [0.15, 0.2) is 0 Å². The van der Waals surface area contributed by atoms with E-state index in [4.69, 9.17) is 65.4 Å². The van der Waals surface area contributed by atoms with Crippen molar-refractivity contribution in [3.05, 3.63) is 364 Å². The summed E-state index contributed by atoms with van der Waals surface area (Å²) in [7, 11) is 0. The van der Waals surface area contributed by atoms with Crippen LogP contribution in [0.15, 0.2) is 294 Å². The number of ether oxygens (including phenoxy) is 4. The zero-order chi connectivity index (χ0) is 84.2. The topological polar surface area (TPSA) is 186 Å². The summed E-state index contributed by atoms with van der Waals surface area (Å²) < 4.78 is 22.6. The SMILES string of the molecule is CC1=C(C(=O)OCc2ccccc2)C(c2ccc(Cl)cc2)CC(=O)N1C(C)C.CC1=C(C(=O)OCc2ccccc2)C(c2ccc(Cl)cc2)CC(=O)N1CC1CC1.CC1=C(C(=O)OCc2ccccc2)C(c2ccc(Cl)cc2)CC(=O)N1CC1CCC1.CC1=C(C(=O)OCc2ccccc2)C(c2ccc(Cl)cc2)CC(=O)N1Cc1ccccc1. The second-order valence-electron chi connectivity index (χ2n) is 31.0. The predicted octanol–water partition coefficient (Wildman–Crippen LogP) is 21.5. The average Bonchev–Trinajstić information content (AvgIpc) is 1.51. The fraction of sp³-hybridized carbons (Fsp3) is 0.293. The van der Waals surface area contributed by atoms with Crippen LogP contribution in [0.25, 0.3) is 0 Å². The molecule has 614 valence electrons. The van der Waals surface area contributed by atoms with Crippen LogP contribution in [0.3, 0.4) is 0 Å². The number of amides is 4. The largest absolute Gasteiger partial charge is 0.457 e. The van der Waals surface area contributed by atoms with E-state index in [0.29, 0.717) is 90.9 Å². The molecular formula is C99H98Cl4N4O12. The summed E-state index contributed by atoms with van der Waals surface area (Å²) in [5.41, 5.74) is 13.2. The summed E-state index contributed by atoms with van der Waals surface area (Å²) >= 11 is 24.2. The van der Waals surface area contributed by atoms with Gasteiger partial charge in [-0.2, -0.15) is 0 Å². The molecule has 2 saturated carbocycles. The third-order valence-corrected chi connectivity index (χ3v) is 23.5. The van der Waals surface area contributed by atoms with E-state index in [1.165, 1.54) is 6.42 Å². The van der Waals surface area contributed by atoms with Crippen molar-refractivity contribution >= 4 is 93.9 Å². The molecule has 4 amide bonds. The molecule has 0 spiro atoms. The minimum absolute atomic E-state index is 0.00654. The van der Waals surface area contributed by atoms with Crippen molar-refractivity contribution in [3.63, 3.8) is 0 Å².